The molecule has 3 aromatic heterocycles. The van der Waals surface area contributed by atoms with Gasteiger partial charge in [0.05, 0.1) is 5.39 Å². The minimum Gasteiger partial charge on any atom is -0.273 e. The highest BCUT2D eigenvalue weighted by molar-refractivity contribution is 7.19. The molecule has 1 aromatic carbocycles. The Morgan fingerprint density at radius 3 is 2.78 bits per heavy atom. The summed E-state index contributed by atoms with van der Waals surface area (Å²) < 4.78 is 1.19. The van der Waals surface area contributed by atoms with Crippen molar-refractivity contribution in [3.05, 3.63) is 74.3 Å². The van der Waals surface area contributed by atoms with E-state index in [4.69, 9.17) is 0 Å². The topological polar surface area (TPSA) is 64.0 Å². The third-order valence-corrected chi connectivity index (χ3v) is 6.06. The lowest BCUT2D eigenvalue weighted by Gasteiger charge is -2.08. The molecule has 0 fully saturated rings. The first-order valence-corrected chi connectivity index (χ1v) is 10.3. The van der Waals surface area contributed by atoms with E-state index in [-0.39, 0.29) is 11.5 Å². The normalized spacial score (nSPS) is 11.0. The lowest BCUT2D eigenvalue weighted by atomic mass is 10.0. The van der Waals surface area contributed by atoms with Gasteiger partial charge in [0.25, 0.3) is 5.56 Å². The number of benzene rings is 1. The highest BCUT2D eigenvalue weighted by Gasteiger charge is 2.17. The fraction of sp³-hybridized carbons (Fsp3) is 0.150. The molecule has 0 saturated heterocycles. The van der Waals surface area contributed by atoms with Gasteiger partial charge in [0.2, 0.25) is 5.91 Å². The van der Waals surface area contributed by atoms with E-state index < -0.39 is 0 Å². The maximum Gasteiger partial charge on any atom is 0.281 e. The average Bonchev–Trinajstić information content (AvgIpc) is 3.30. The number of rotatable bonds is 5. The molecule has 0 aliphatic rings. The Morgan fingerprint density at radius 1 is 1.22 bits per heavy atom. The molecule has 0 radical (unpaired) electrons. The summed E-state index contributed by atoms with van der Waals surface area (Å²) in [5.74, 6) is -0.210. The molecule has 0 aliphatic heterocycles. The van der Waals surface area contributed by atoms with Gasteiger partial charge in [-0.2, -0.15) is 11.3 Å². The van der Waals surface area contributed by atoms with Crippen LogP contribution in [0.1, 0.15) is 16.9 Å². The number of carbonyl (C=O) groups is 1. The number of fused-ring (bicyclic) bond motifs is 1. The maximum absolute atomic E-state index is 13.0. The van der Waals surface area contributed by atoms with E-state index >= 15 is 0 Å². The van der Waals surface area contributed by atoms with Gasteiger partial charge >= 0.3 is 0 Å². The van der Waals surface area contributed by atoms with E-state index in [1.54, 1.807) is 11.3 Å². The van der Waals surface area contributed by atoms with Crippen molar-refractivity contribution >= 4 is 38.8 Å². The fourth-order valence-corrected chi connectivity index (χ4v) is 4.72. The van der Waals surface area contributed by atoms with Crippen LogP contribution in [-0.4, -0.2) is 15.6 Å². The molecule has 136 valence electrons. The number of hydrogen-bond acceptors (Lipinski definition) is 5. The summed E-state index contributed by atoms with van der Waals surface area (Å²) in [5, 5.41) is 4.55. The number of amides is 1. The standard InChI is InChI=1S/C20H17N3O2S2/c1-13-17(15-5-3-2-4-6-15)18-19(27-13)21-12-23(20(18)25)22-16(24)8-7-14-9-10-26-11-14/h2-6,9-12H,7-8H2,1H3,(H,22,24). The predicted octanol–water partition coefficient (Wildman–Crippen LogP) is 4.20. The summed E-state index contributed by atoms with van der Waals surface area (Å²) in [4.78, 5) is 31.4. The maximum atomic E-state index is 13.0. The predicted molar refractivity (Wildman–Crippen MR) is 111 cm³/mol. The van der Waals surface area contributed by atoms with Crippen LogP contribution in [0.4, 0.5) is 0 Å². The molecule has 3 heterocycles. The Labute approximate surface area is 163 Å². The number of nitrogens with one attached hydrogen (secondary N) is 1. The number of aryl methyl sites for hydroxylation is 2. The van der Waals surface area contributed by atoms with Crippen LogP contribution in [0.3, 0.4) is 0 Å². The van der Waals surface area contributed by atoms with Crippen LogP contribution in [-0.2, 0) is 11.2 Å². The lowest BCUT2D eigenvalue weighted by molar-refractivity contribution is -0.117. The summed E-state index contributed by atoms with van der Waals surface area (Å²) in [6, 6.07) is 11.8. The van der Waals surface area contributed by atoms with Crippen molar-refractivity contribution < 1.29 is 4.79 Å². The summed E-state index contributed by atoms with van der Waals surface area (Å²) >= 11 is 3.09. The van der Waals surface area contributed by atoms with Crippen LogP contribution in [0.15, 0.2) is 58.3 Å². The first-order valence-electron chi connectivity index (χ1n) is 8.50. The van der Waals surface area contributed by atoms with Crippen molar-refractivity contribution in [2.24, 2.45) is 0 Å². The van der Waals surface area contributed by atoms with Crippen molar-refractivity contribution in [1.82, 2.24) is 9.66 Å². The molecule has 1 amide bonds. The van der Waals surface area contributed by atoms with Crippen LogP contribution < -0.4 is 11.0 Å². The largest absolute Gasteiger partial charge is 0.281 e. The SMILES string of the molecule is Cc1sc2ncn(NC(=O)CCc3ccsc3)c(=O)c2c1-c1ccccc1. The smallest absolute Gasteiger partial charge is 0.273 e. The van der Waals surface area contributed by atoms with Crippen LogP contribution >= 0.6 is 22.7 Å². The molecular formula is C20H17N3O2S2. The van der Waals surface area contributed by atoms with Crippen LogP contribution in [0.2, 0.25) is 0 Å². The fourth-order valence-electron chi connectivity index (χ4n) is 3.02. The summed E-state index contributed by atoms with van der Waals surface area (Å²) in [6.07, 6.45) is 2.35. The van der Waals surface area contributed by atoms with Gasteiger partial charge in [-0.25, -0.2) is 9.66 Å². The molecule has 1 N–H and O–H groups in total. The molecule has 5 nitrogen and oxygen atoms in total. The average molecular weight is 396 g/mol. The Bertz CT molecular complexity index is 1150. The zero-order valence-corrected chi connectivity index (χ0v) is 16.3. The number of hydrogen-bond donors (Lipinski definition) is 1. The molecule has 0 aliphatic carbocycles. The van der Waals surface area contributed by atoms with E-state index in [2.05, 4.69) is 10.4 Å². The first-order chi connectivity index (χ1) is 13.1. The van der Waals surface area contributed by atoms with Gasteiger partial charge < -0.3 is 0 Å². The third kappa shape index (κ3) is 3.56. The zero-order valence-electron chi connectivity index (χ0n) is 14.6. The molecule has 0 bridgehead atoms. The molecule has 7 heteroatoms. The lowest BCUT2D eigenvalue weighted by Crippen LogP contribution is -2.33. The van der Waals surface area contributed by atoms with Gasteiger partial charge in [-0.1, -0.05) is 30.3 Å². The van der Waals surface area contributed by atoms with Gasteiger partial charge in [-0.15, -0.1) is 11.3 Å². The van der Waals surface area contributed by atoms with Crippen molar-refractivity contribution in [3.8, 4) is 11.1 Å². The number of thiophene rings is 2. The van der Waals surface area contributed by atoms with Crippen LogP contribution in [0.25, 0.3) is 21.3 Å². The minimum absolute atomic E-state index is 0.210. The Kier molecular flexibility index (Phi) is 4.87. The van der Waals surface area contributed by atoms with E-state index in [0.717, 1.165) is 21.6 Å². The highest BCUT2D eigenvalue weighted by atomic mass is 32.1. The second kappa shape index (κ2) is 7.46. The zero-order chi connectivity index (χ0) is 18.8. The Hall–Kier alpha value is -2.77. The van der Waals surface area contributed by atoms with Crippen molar-refractivity contribution in [2.45, 2.75) is 19.8 Å². The number of nitrogens with zero attached hydrogens (tertiary/aromatic N) is 2. The number of carbonyl (C=O) groups excluding carboxylic acids is 1. The quantitative estimate of drug-likeness (QED) is 0.551. The van der Waals surface area contributed by atoms with Gasteiger partial charge in [0, 0.05) is 16.9 Å². The Balaban J connectivity index is 1.66. The summed E-state index contributed by atoms with van der Waals surface area (Å²) in [5.41, 5.74) is 5.39. The summed E-state index contributed by atoms with van der Waals surface area (Å²) in [7, 11) is 0. The second-order valence-corrected chi connectivity index (χ2v) is 8.15. The number of aromatic nitrogens is 2. The van der Waals surface area contributed by atoms with E-state index in [0.29, 0.717) is 23.1 Å². The van der Waals surface area contributed by atoms with E-state index in [9.17, 15) is 9.59 Å². The second-order valence-electron chi connectivity index (χ2n) is 6.17. The molecular weight excluding hydrogens is 378 g/mol. The molecule has 0 unspecified atom stereocenters. The third-order valence-electron chi connectivity index (χ3n) is 4.32. The van der Waals surface area contributed by atoms with Gasteiger partial charge in [0.1, 0.15) is 11.2 Å². The monoisotopic (exact) mass is 395 g/mol. The minimum atomic E-state index is -0.257. The van der Waals surface area contributed by atoms with Crippen molar-refractivity contribution in [1.29, 1.82) is 0 Å². The van der Waals surface area contributed by atoms with Crippen LogP contribution in [0.5, 0.6) is 0 Å². The van der Waals surface area contributed by atoms with Crippen molar-refractivity contribution in [3.63, 3.8) is 0 Å². The highest BCUT2D eigenvalue weighted by Crippen LogP contribution is 2.35. The molecule has 4 aromatic rings. The van der Waals surface area contributed by atoms with Gasteiger partial charge in [-0.3, -0.25) is 15.0 Å². The molecule has 0 atom stereocenters. The summed E-state index contributed by atoms with van der Waals surface area (Å²) in [6.45, 7) is 1.98. The van der Waals surface area contributed by atoms with Gasteiger partial charge in [-0.05, 0) is 41.3 Å². The van der Waals surface area contributed by atoms with E-state index in [1.807, 2.05) is 54.1 Å². The van der Waals surface area contributed by atoms with E-state index in [1.165, 1.54) is 22.3 Å². The van der Waals surface area contributed by atoms with Crippen molar-refractivity contribution in [2.75, 3.05) is 5.43 Å². The molecule has 27 heavy (non-hydrogen) atoms. The first kappa shape index (κ1) is 17.6. The van der Waals surface area contributed by atoms with Gasteiger partial charge in [0.15, 0.2) is 0 Å². The van der Waals surface area contributed by atoms with Crippen LogP contribution in [0, 0.1) is 6.92 Å². The molecule has 0 saturated carbocycles. The Morgan fingerprint density at radius 2 is 2.04 bits per heavy atom. The molecule has 4 rings (SSSR count). The molecule has 0 spiro atoms.